The molecule has 0 aliphatic rings. The van der Waals surface area contributed by atoms with E-state index in [1.807, 2.05) is 84.9 Å². The van der Waals surface area contributed by atoms with E-state index in [0.717, 1.165) is 27.6 Å². The molecule has 0 saturated heterocycles. The highest BCUT2D eigenvalue weighted by atomic mass is 16.3. The first kappa shape index (κ1) is 19.0. The molecule has 6 aromatic rings. The number of hydrogen-bond donors (Lipinski definition) is 2. The Labute approximate surface area is 188 Å². The zero-order valence-corrected chi connectivity index (χ0v) is 17.4. The van der Waals surface area contributed by atoms with Gasteiger partial charge in [-0.15, -0.1) is 0 Å². The van der Waals surface area contributed by atoms with Crippen LogP contribution in [-0.2, 0) is 0 Å². The van der Waals surface area contributed by atoms with Gasteiger partial charge in [0.15, 0.2) is 0 Å². The van der Waals surface area contributed by atoms with Gasteiger partial charge in [0.1, 0.15) is 16.9 Å². The van der Waals surface area contributed by atoms with E-state index in [1.165, 1.54) is 4.52 Å². The third-order valence-corrected chi connectivity index (χ3v) is 5.77. The Balaban J connectivity index is 1.66. The first-order valence-electron chi connectivity index (χ1n) is 10.5. The standard InChI is InChI=1S/C27H18N4O2/c32-26-23(20-13-14-21-19(16-20)12-7-15-28-21)27(33)31-25(29-26)22(17-8-3-1-4-9-17)24(30-31)18-10-5-2-6-11-18/h1-16,29,32H. The highest BCUT2D eigenvalue weighted by Gasteiger charge is 2.22. The topological polar surface area (TPSA) is 83.3 Å². The Bertz CT molecular complexity index is 1690. The van der Waals surface area contributed by atoms with Crippen LogP contribution in [0.15, 0.2) is 102 Å². The van der Waals surface area contributed by atoms with Gasteiger partial charge in [-0.25, -0.2) is 0 Å². The molecule has 0 spiro atoms. The van der Waals surface area contributed by atoms with Crippen LogP contribution in [0.4, 0.5) is 0 Å². The van der Waals surface area contributed by atoms with E-state index < -0.39 is 5.56 Å². The van der Waals surface area contributed by atoms with Gasteiger partial charge in [0.2, 0.25) is 5.88 Å². The molecule has 2 N–H and O–H groups in total. The van der Waals surface area contributed by atoms with Crippen LogP contribution in [0.3, 0.4) is 0 Å². The lowest BCUT2D eigenvalue weighted by atomic mass is 10.0. The average Bonchev–Trinajstić information content (AvgIpc) is 3.24. The quantitative estimate of drug-likeness (QED) is 0.400. The second kappa shape index (κ2) is 7.46. The van der Waals surface area contributed by atoms with Crippen molar-refractivity contribution in [3.8, 4) is 39.4 Å². The summed E-state index contributed by atoms with van der Waals surface area (Å²) in [5.41, 5.74) is 4.80. The molecule has 0 radical (unpaired) electrons. The van der Waals surface area contributed by atoms with Gasteiger partial charge in [0.05, 0.1) is 11.1 Å². The number of aromatic hydroxyl groups is 1. The van der Waals surface area contributed by atoms with Crippen molar-refractivity contribution in [3.05, 3.63) is 108 Å². The molecule has 3 aromatic carbocycles. The fourth-order valence-corrected chi connectivity index (χ4v) is 4.23. The second-order valence-electron chi connectivity index (χ2n) is 7.78. The van der Waals surface area contributed by atoms with Crippen LogP contribution < -0.4 is 5.56 Å². The molecule has 0 amide bonds. The predicted molar refractivity (Wildman–Crippen MR) is 129 cm³/mol. The maximum Gasteiger partial charge on any atom is 0.286 e. The molecule has 0 bridgehead atoms. The Morgan fingerprint density at radius 2 is 1.48 bits per heavy atom. The van der Waals surface area contributed by atoms with E-state index in [9.17, 15) is 9.90 Å². The van der Waals surface area contributed by atoms with Crippen LogP contribution in [-0.4, -0.2) is 24.7 Å². The molecule has 6 heteroatoms. The van der Waals surface area contributed by atoms with Crippen molar-refractivity contribution in [1.82, 2.24) is 19.6 Å². The van der Waals surface area contributed by atoms with Gasteiger partial charge >= 0.3 is 0 Å². The van der Waals surface area contributed by atoms with E-state index >= 15 is 0 Å². The molecule has 3 heterocycles. The lowest BCUT2D eigenvalue weighted by molar-refractivity contribution is 0.455. The zero-order chi connectivity index (χ0) is 22.4. The summed E-state index contributed by atoms with van der Waals surface area (Å²) in [6.07, 6.45) is 1.72. The van der Waals surface area contributed by atoms with Gasteiger partial charge in [-0.05, 0) is 29.3 Å². The van der Waals surface area contributed by atoms with Crippen LogP contribution in [0.5, 0.6) is 5.88 Å². The number of nitrogens with zero attached hydrogens (tertiary/aromatic N) is 3. The number of benzene rings is 3. The number of hydrogen-bond acceptors (Lipinski definition) is 4. The van der Waals surface area contributed by atoms with Crippen LogP contribution in [0.2, 0.25) is 0 Å². The van der Waals surface area contributed by atoms with Gasteiger partial charge in [0.25, 0.3) is 5.56 Å². The molecule has 158 valence electrons. The fourth-order valence-electron chi connectivity index (χ4n) is 4.23. The van der Waals surface area contributed by atoms with Crippen molar-refractivity contribution in [3.63, 3.8) is 0 Å². The minimum absolute atomic E-state index is 0.162. The Kier molecular flexibility index (Phi) is 4.30. The lowest BCUT2D eigenvalue weighted by Crippen LogP contribution is -2.17. The molecular formula is C27H18N4O2. The largest absolute Gasteiger partial charge is 0.494 e. The lowest BCUT2D eigenvalue weighted by Gasteiger charge is -2.08. The normalized spacial score (nSPS) is 11.3. The molecule has 0 aliphatic carbocycles. The van der Waals surface area contributed by atoms with E-state index in [0.29, 0.717) is 16.9 Å². The minimum atomic E-state index is -0.399. The first-order valence-corrected chi connectivity index (χ1v) is 10.5. The number of pyridine rings is 1. The SMILES string of the molecule is O=c1c(-c2ccc3ncccc3c2)c(O)[nH]c2c(-c3ccccc3)c(-c3ccccc3)nn12. The Hall–Kier alpha value is -4.71. The van der Waals surface area contributed by atoms with Crippen molar-refractivity contribution in [2.45, 2.75) is 0 Å². The third kappa shape index (κ3) is 3.08. The molecule has 0 aliphatic heterocycles. The van der Waals surface area contributed by atoms with Crippen LogP contribution in [0, 0.1) is 0 Å². The first-order chi connectivity index (χ1) is 16.2. The van der Waals surface area contributed by atoms with Crippen molar-refractivity contribution in [2.24, 2.45) is 0 Å². The van der Waals surface area contributed by atoms with Gasteiger partial charge in [-0.2, -0.15) is 9.61 Å². The van der Waals surface area contributed by atoms with E-state index in [4.69, 9.17) is 5.10 Å². The van der Waals surface area contributed by atoms with Crippen molar-refractivity contribution in [1.29, 1.82) is 0 Å². The smallest absolute Gasteiger partial charge is 0.286 e. The molecule has 3 aromatic heterocycles. The predicted octanol–water partition coefficient (Wildman–Crippen LogP) is 5.28. The number of aromatic nitrogens is 4. The number of aromatic amines is 1. The molecule has 0 fully saturated rings. The molecule has 0 atom stereocenters. The summed E-state index contributed by atoms with van der Waals surface area (Å²) >= 11 is 0. The monoisotopic (exact) mass is 430 g/mol. The summed E-state index contributed by atoms with van der Waals surface area (Å²) in [5, 5.41) is 16.5. The third-order valence-electron chi connectivity index (χ3n) is 5.77. The van der Waals surface area contributed by atoms with Gasteiger partial charge in [0, 0.05) is 17.1 Å². The summed E-state index contributed by atoms with van der Waals surface area (Å²) in [5.74, 6) is -0.201. The maximum absolute atomic E-state index is 13.6. The molecule has 33 heavy (non-hydrogen) atoms. The minimum Gasteiger partial charge on any atom is -0.494 e. The summed E-state index contributed by atoms with van der Waals surface area (Å²) in [6.45, 7) is 0. The highest BCUT2D eigenvalue weighted by molar-refractivity contribution is 5.91. The van der Waals surface area contributed by atoms with Crippen molar-refractivity contribution < 1.29 is 5.11 Å². The van der Waals surface area contributed by atoms with E-state index in [1.54, 1.807) is 12.3 Å². The molecule has 6 rings (SSSR count). The maximum atomic E-state index is 13.6. The molecule has 0 unspecified atom stereocenters. The van der Waals surface area contributed by atoms with E-state index in [-0.39, 0.29) is 11.4 Å². The summed E-state index contributed by atoms with van der Waals surface area (Å²) in [4.78, 5) is 21.0. The molecule has 6 nitrogen and oxygen atoms in total. The number of fused-ring (bicyclic) bond motifs is 2. The second-order valence-corrected chi connectivity index (χ2v) is 7.78. The highest BCUT2D eigenvalue weighted by Crippen LogP contribution is 2.36. The van der Waals surface area contributed by atoms with Gasteiger partial charge in [-0.3, -0.25) is 9.78 Å². The molecule has 0 saturated carbocycles. The van der Waals surface area contributed by atoms with E-state index in [2.05, 4.69) is 9.97 Å². The van der Waals surface area contributed by atoms with Crippen molar-refractivity contribution >= 4 is 16.6 Å². The Morgan fingerprint density at radius 1 is 0.758 bits per heavy atom. The number of rotatable bonds is 3. The summed E-state index contributed by atoms with van der Waals surface area (Å²) in [6, 6.07) is 28.7. The Morgan fingerprint density at radius 3 is 2.24 bits per heavy atom. The average molecular weight is 430 g/mol. The van der Waals surface area contributed by atoms with Gasteiger partial charge < -0.3 is 10.1 Å². The number of H-pyrrole nitrogens is 1. The van der Waals surface area contributed by atoms with Gasteiger partial charge in [-0.1, -0.05) is 72.8 Å². The fraction of sp³-hybridized carbons (Fsp3) is 0. The zero-order valence-electron chi connectivity index (χ0n) is 17.4. The summed E-state index contributed by atoms with van der Waals surface area (Å²) in [7, 11) is 0. The van der Waals surface area contributed by atoms with Crippen molar-refractivity contribution in [2.75, 3.05) is 0 Å². The number of nitrogens with one attached hydrogen (secondary N) is 1. The van der Waals surface area contributed by atoms with Crippen LogP contribution in [0.25, 0.3) is 50.1 Å². The van der Waals surface area contributed by atoms with Crippen LogP contribution >= 0.6 is 0 Å². The molecular weight excluding hydrogens is 412 g/mol. The van der Waals surface area contributed by atoms with Crippen LogP contribution in [0.1, 0.15) is 0 Å². The summed E-state index contributed by atoms with van der Waals surface area (Å²) < 4.78 is 1.34.